The molecule has 4 nitrogen and oxygen atoms in total. The third-order valence-corrected chi connectivity index (χ3v) is 6.75. The molecule has 0 aliphatic heterocycles. The number of hydrogen-bond acceptors (Lipinski definition) is 4. The Morgan fingerprint density at radius 3 is 0.403 bits per heavy atom. The van der Waals surface area contributed by atoms with E-state index in [0.717, 1.165) is 0 Å². The molecule has 6 radical (unpaired) electrons. The standard InChI is InChI=1S/C26H18.3C6H6.4C3H9N.2C2H6.2CH3.6Y/c1-5-13-21(14-6-1)25(22-15-7-2-8-16-22)26(23-17-9-3-10-18-23)24-19-11-4-12-20-24;3*1-2-4-6-5-3-1;4*1-4(2)3;2*1-2;;;;;;;;/h5-20,25-26H;3*1-6H;4*1-3H3;2*1-2H3;2*1H3;;;;;;/q-4;;;;;;;;;;2*-1;;;;;;. The largest absolute Gasteiger partial charge is 0.358 e. The van der Waals surface area contributed by atoms with E-state index < -0.39 is 0 Å². The predicted molar refractivity (Wildman–Crippen MR) is 298 cm³/mol. The smallest absolute Gasteiger partial charge is 0 e. The second-order valence-corrected chi connectivity index (χ2v) is 15.1. The van der Waals surface area contributed by atoms with E-state index in [0.29, 0.717) is 0 Å². The van der Waals surface area contributed by atoms with Crippen molar-refractivity contribution >= 4 is 0 Å². The zero-order chi connectivity index (χ0) is 48.6. The van der Waals surface area contributed by atoms with Gasteiger partial charge >= 0.3 is 0 Å². The summed E-state index contributed by atoms with van der Waals surface area (Å²) in [4.78, 5) is 8.00. The Bertz CT molecular complexity index is 1500. The van der Waals surface area contributed by atoms with Gasteiger partial charge in [0.05, 0.1) is 0 Å². The summed E-state index contributed by atoms with van der Waals surface area (Å²) in [5, 5.41) is 0. The molecule has 0 fully saturated rings. The average molecular weight is 1420 g/mol. The van der Waals surface area contributed by atoms with E-state index in [1.54, 1.807) is 0 Å². The Morgan fingerprint density at radius 2 is 0.319 bits per heavy atom. The fourth-order valence-corrected chi connectivity index (χ4v) is 4.74. The van der Waals surface area contributed by atoms with E-state index in [-0.39, 0.29) is 223 Å². The van der Waals surface area contributed by atoms with Gasteiger partial charge in [-0.05, 0) is 96.4 Å². The second kappa shape index (κ2) is 76.2. The van der Waals surface area contributed by atoms with Gasteiger partial charge in [-0.25, -0.2) is 0 Å². The first-order valence-electron chi connectivity index (χ1n) is 22.1. The molecule has 0 amide bonds. The molecule has 0 N–H and O–H groups in total. The minimum Gasteiger partial charge on any atom is -0.358 e. The van der Waals surface area contributed by atoms with Crippen LogP contribution in [0.5, 0.6) is 0 Å². The number of rotatable bonds is 5. The van der Waals surface area contributed by atoms with Crippen molar-refractivity contribution in [2.24, 2.45) is 0 Å². The zero-order valence-electron chi connectivity index (χ0n) is 48.0. The number of nitrogens with zero attached hydrogens (tertiary/aromatic N) is 4. The minimum absolute atomic E-state index is 0. The Balaban J connectivity index is -0.0000000751. The van der Waals surface area contributed by atoms with Crippen LogP contribution in [0.4, 0.5) is 0 Å². The molecule has 0 aliphatic rings. The van der Waals surface area contributed by atoms with Gasteiger partial charge < -0.3 is 34.5 Å². The normalized spacial score (nSPS) is 8.14. The topological polar surface area (TPSA) is 13.0 Å². The van der Waals surface area contributed by atoms with Gasteiger partial charge in [0.15, 0.2) is 0 Å². The molecular formula is C62H90N4Y6-6. The van der Waals surface area contributed by atoms with E-state index >= 15 is 0 Å². The van der Waals surface area contributed by atoms with Crippen LogP contribution < -0.4 is 0 Å². The van der Waals surface area contributed by atoms with Crippen LogP contribution in [-0.2, 0) is 196 Å². The molecule has 72 heavy (non-hydrogen) atoms. The summed E-state index contributed by atoms with van der Waals surface area (Å²) in [5.41, 5.74) is 5.11. The van der Waals surface area contributed by atoms with E-state index in [9.17, 15) is 0 Å². The van der Waals surface area contributed by atoms with Gasteiger partial charge in [-0.2, -0.15) is 144 Å². The van der Waals surface area contributed by atoms with Crippen LogP contribution in [-0.4, -0.2) is 104 Å². The van der Waals surface area contributed by atoms with Crippen molar-refractivity contribution in [2.75, 3.05) is 84.6 Å². The molecule has 382 valence electrons. The van der Waals surface area contributed by atoms with Crippen LogP contribution in [0.3, 0.4) is 0 Å². The molecule has 7 aromatic rings. The fourth-order valence-electron chi connectivity index (χ4n) is 4.74. The summed E-state index contributed by atoms with van der Waals surface area (Å²) in [5.74, 6) is 0.396. The predicted octanol–water partition coefficient (Wildman–Crippen LogP) is 14.6. The van der Waals surface area contributed by atoms with Gasteiger partial charge in [-0.1, -0.05) is 137 Å². The Labute approximate surface area is 597 Å². The van der Waals surface area contributed by atoms with Gasteiger partial charge in [0, 0.05) is 196 Å². The molecule has 0 unspecified atom stereocenters. The summed E-state index contributed by atoms with van der Waals surface area (Å²) < 4.78 is 0. The minimum atomic E-state index is 0. The molecule has 0 aromatic heterocycles. The van der Waals surface area contributed by atoms with Gasteiger partial charge in [-0.15, -0.1) is 0 Å². The van der Waals surface area contributed by atoms with E-state index in [1.807, 2.05) is 290 Å². The molecule has 0 atom stereocenters. The van der Waals surface area contributed by atoms with Gasteiger partial charge in [0.25, 0.3) is 0 Å². The molecule has 0 spiro atoms. The average Bonchev–Trinajstić information content (AvgIpc) is 3.32. The van der Waals surface area contributed by atoms with Gasteiger partial charge in [0.2, 0.25) is 0 Å². The maximum Gasteiger partial charge on any atom is 0 e. The summed E-state index contributed by atoms with van der Waals surface area (Å²) in [6, 6.07) is 81.8. The van der Waals surface area contributed by atoms with Crippen LogP contribution in [0.15, 0.2) is 206 Å². The van der Waals surface area contributed by atoms with Crippen LogP contribution in [0.2, 0.25) is 0 Å². The molecule has 0 saturated carbocycles. The molecular weight excluding hydrogens is 1330 g/mol. The molecule has 10 heteroatoms. The van der Waals surface area contributed by atoms with Crippen molar-refractivity contribution in [3.05, 3.63) is 268 Å². The third-order valence-electron chi connectivity index (χ3n) is 6.75. The van der Waals surface area contributed by atoms with Crippen LogP contribution in [0, 0.1) is 39.1 Å². The van der Waals surface area contributed by atoms with Crippen molar-refractivity contribution in [3.8, 4) is 0 Å². The fraction of sp³-hybridized carbons (Fsp3) is 0.290. The maximum atomic E-state index is 3.14. The summed E-state index contributed by atoms with van der Waals surface area (Å²) >= 11 is 0. The van der Waals surface area contributed by atoms with Crippen molar-refractivity contribution in [3.63, 3.8) is 0 Å². The van der Waals surface area contributed by atoms with Crippen LogP contribution in [0.25, 0.3) is 0 Å². The SMILES string of the molecule is CC.CC.CN(C)C.CN(C)C.CN(C)C.CN(C)C.[CH3-].[CH3-].[Y].[Y].[Y].[Y].[Y].[Y].[c-]1ccc(C(c2cc[c-]cc2)C(c2cc[c-]cc2)c2cc[c-]cc2)cc1.c1ccccc1.c1ccccc1.c1ccccc1. The zero-order valence-corrected chi connectivity index (χ0v) is 65.1. The molecule has 7 aromatic carbocycles. The maximum absolute atomic E-state index is 3.14. The second-order valence-electron chi connectivity index (χ2n) is 15.1. The van der Waals surface area contributed by atoms with Gasteiger partial charge in [-0.3, -0.25) is 0 Å². The van der Waals surface area contributed by atoms with E-state index in [2.05, 4.69) is 72.8 Å². The van der Waals surface area contributed by atoms with Crippen molar-refractivity contribution in [1.29, 1.82) is 0 Å². The van der Waals surface area contributed by atoms with Crippen molar-refractivity contribution in [2.45, 2.75) is 39.5 Å². The monoisotopic (exact) mass is 1420 g/mol. The molecule has 0 bridgehead atoms. The van der Waals surface area contributed by atoms with Crippen LogP contribution in [0.1, 0.15) is 61.8 Å². The quantitative estimate of drug-likeness (QED) is 0.159. The summed E-state index contributed by atoms with van der Waals surface area (Å²) in [6.07, 6.45) is 0. The van der Waals surface area contributed by atoms with Crippen LogP contribution >= 0.6 is 0 Å². The van der Waals surface area contributed by atoms with Gasteiger partial charge in [0.1, 0.15) is 0 Å². The molecule has 0 saturated heterocycles. The summed E-state index contributed by atoms with van der Waals surface area (Å²) in [7, 11) is 24.0. The number of hydrogen-bond donors (Lipinski definition) is 0. The van der Waals surface area contributed by atoms with E-state index in [1.165, 1.54) is 22.3 Å². The first-order valence-corrected chi connectivity index (χ1v) is 22.1. The Morgan fingerprint density at radius 1 is 0.236 bits per heavy atom. The van der Waals surface area contributed by atoms with Crippen molar-refractivity contribution < 1.29 is 196 Å². The first kappa shape index (κ1) is 98.5. The Kier molecular flexibility index (Phi) is 104. The molecule has 0 heterocycles. The molecule has 0 aliphatic carbocycles. The number of benzene rings is 7. The first-order chi connectivity index (χ1) is 30.9. The Hall–Kier alpha value is 1.00. The van der Waals surface area contributed by atoms with E-state index in [4.69, 9.17) is 0 Å². The van der Waals surface area contributed by atoms with Crippen molar-refractivity contribution in [1.82, 2.24) is 19.6 Å². The summed E-state index contributed by atoms with van der Waals surface area (Å²) in [6.45, 7) is 8.00. The third kappa shape index (κ3) is 69.0. The molecule has 7 rings (SSSR count).